The lowest BCUT2D eigenvalue weighted by Gasteiger charge is -2.21. The van der Waals surface area contributed by atoms with Crippen molar-refractivity contribution in [1.29, 1.82) is 0 Å². The number of para-hydroxylation sites is 1. The molecule has 0 atom stereocenters. The van der Waals surface area contributed by atoms with Gasteiger partial charge in [-0.3, -0.25) is 0 Å². The summed E-state index contributed by atoms with van der Waals surface area (Å²) >= 11 is 0. The van der Waals surface area contributed by atoms with Crippen LogP contribution in [-0.2, 0) is 6.61 Å². The fourth-order valence-electron chi connectivity index (χ4n) is 1.90. The standard InChI is InChI=1S/C15H17NO/c1-12-5-3-4-6-15(12)16(2)14-9-7-13(11-17)8-10-14/h3-10,17H,11H2,1-2H3. The molecule has 2 rings (SSSR count). The van der Waals surface area contributed by atoms with Gasteiger partial charge in [-0.2, -0.15) is 0 Å². The number of anilines is 2. The first-order valence-electron chi connectivity index (χ1n) is 5.71. The molecule has 0 bridgehead atoms. The van der Waals surface area contributed by atoms with Crippen molar-refractivity contribution < 1.29 is 5.11 Å². The maximum atomic E-state index is 9.01. The Labute approximate surface area is 102 Å². The van der Waals surface area contributed by atoms with E-state index in [4.69, 9.17) is 5.11 Å². The van der Waals surface area contributed by atoms with Crippen LogP contribution >= 0.6 is 0 Å². The van der Waals surface area contributed by atoms with E-state index in [1.54, 1.807) is 0 Å². The molecule has 0 amide bonds. The second kappa shape index (κ2) is 5.02. The van der Waals surface area contributed by atoms with Crippen LogP contribution in [0.5, 0.6) is 0 Å². The maximum Gasteiger partial charge on any atom is 0.0681 e. The summed E-state index contributed by atoms with van der Waals surface area (Å²) in [5.41, 5.74) is 4.51. The summed E-state index contributed by atoms with van der Waals surface area (Å²) in [5, 5.41) is 9.01. The Balaban J connectivity index is 2.30. The maximum absolute atomic E-state index is 9.01. The van der Waals surface area contributed by atoms with Crippen molar-refractivity contribution in [3.8, 4) is 0 Å². The molecule has 0 aliphatic heterocycles. The lowest BCUT2D eigenvalue weighted by Crippen LogP contribution is -2.10. The van der Waals surface area contributed by atoms with Crippen molar-refractivity contribution in [3.05, 3.63) is 59.7 Å². The fourth-order valence-corrected chi connectivity index (χ4v) is 1.90. The van der Waals surface area contributed by atoms with Crippen molar-refractivity contribution in [2.45, 2.75) is 13.5 Å². The SMILES string of the molecule is Cc1ccccc1N(C)c1ccc(CO)cc1. The van der Waals surface area contributed by atoms with E-state index in [2.05, 4.69) is 31.0 Å². The van der Waals surface area contributed by atoms with Gasteiger partial charge in [-0.25, -0.2) is 0 Å². The van der Waals surface area contributed by atoms with E-state index in [0.29, 0.717) is 0 Å². The first-order chi connectivity index (χ1) is 8.22. The summed E-state index contributed by atoms with van der Waals surface area (Å²) in [7, 11) is 2.05. The summed E-state index contributed by atoms with van der Waals surface area (Å²) in [6, 6.07) is 16.2. The highest BCUT2D eigenvalue weighted by molar-refractivity contribution is 5.65. The molecule has 0 heterocycles. The van der Waals surface area contributed by atoms with Crippen LogP contribution < -0.4 is 4.90 Å². The highest BCUT2D eigenvalue weighted by Gasteiger charge is 2.05. The Morgan fingerprint density at radius 1 is 1.00 bits per heavy atom. The molecule has 0 aromatic heterocycles. The van der Waals surface area contributed by atoms with E-state index < -0.39 is 0 Å². The lowest BCUT2D eigenvalue weighted by molar-refractivity contribution is 0.282. The molecule has 2 heteroatoms. The summed E-state index contributed by atoms with van der Waals surface area (Å²) < 4.78 is 0. The van der Waals surface area contributed by atoms with Crippen LogP contribution in [-0.4, -0.2) is 12.2 Å². The molecule has 88 valence electrons. The molecule has 0 unspecified atom stereocenters. The minimum Gasteiger partial charge on any atom is -0.392 e. The van der Waals surface area contributed by atoms with Crippen LogP contribution in [0.3, 0.4) is 0 Å². The molecule has 0 spiro atoms. The van der Waals surface area contributed by atoms with Crippen LogP contribution in [0.25, 0.3) is 0 Å². The van der Waals surface area contributed by atoms with E-state index >= 15 is 0 Å². The number of hydrogen-bond acceptors (Lipinski definition) is 2. The van der Waals surface area contributed by atoms with E-state index in [0.717, 1.165) is 11.3 Å². The number of benzene rings is 2. The summed E-state index contributed by atoms with van der Waals surface area (Å²) in [5.74, 6) is 0. The average Bonchev–Trinajstić information content (AvgIpc) is 2.39. The molecule has 2 aromatic carbocycles. The molecule has 0 saturated carbocycles. The van der Waals surface area contributed by atoms with E-state index in [9.17, 15) is 0 Å². The van der Waals surface area contributed by atoms with Crippen LogP contribution in [0.4, 0.5) is 11.4 Å². The van der Waals surface area contributed by atoms with Gasteiger partial charge in [-0.15, -0.1) is 0 Å². The monoisotopic (exact) mass is 227 g/mol. The van der Waals surface area contributed by atoms with Gasteiger partial charge >= 0.3 is 0 Å². The molecular formula is C15H17NO. The Hall–Kier alpha value is -1.80. The van der Waals surface area contributed by atoms with Gasteiger partial charge in [0.05, 0.1) is 6.61 Å². The normalized spacial score (nSPS) is 10.3. The molecule has 0 fully saturated rings. The van der Waals surface area contributed by atoms with Gasteiger partial charge in [-0.05, 0) is 36.2 Å². The molecule has 0 aliphatic carbocycles. The molecular weight excluding hydrogens is 210 g/mol. The van der Waals surface area contributed by atoms with Crippen LogP contribution in [0.2, 0.25) is 0 Å². The molecule has 0 radical (unpaired) electrons. The fraction of sp³-hybridized carbons (Fsp3) is 0.200. The van der Waals surface area contributed by atoms with Gasteiger partial charge in [0.25, 0.3) is 0 Å². The molecule has 2 nitrogen and oxygen atoms in total. The average molecular weight is 227 g/mol. The first kappa shape index (κ1) is 11.7. The van der Waals surface area contributed by atoms with E-state index in [-0.39, 0.29) is 6.61 Å². The number of aryl methyl sites for hydroxylation is 1. The van der Waals surface area contributed by atoms with Crippen LogP contribution in [0.1, 0.15) is 11.1 Å². The third kappa shape index (κ3) is 2.48. The lowest BCUT2D eigenvalue weighted by atomic mass is 10.1. The zero-order valence-corrected chi connectivity index (χ0v) is 10.2. The van der Waals surface area contributed by atoms with Crippen LogP contribution in [0.15, 0.2) is 48.5 Å². The summed E-state index contributed by atoms with van der Waals surface area (Å²) in [6.45, 7) is 2.20. The van der Waals surface area contributed by atoms with Crippen molar-refractivity contribution >= 4 is 11.4 Å². The van der Waals surface area contributed by atoms with Gasteiger partial charge in [0.2, 0.25) is 0 Å². The third-order valence-electron chi connectivity index (χ3n) is 2.98. The Morgan fingerprint density at radius 3 is 2.24 bits per heavy atom. The summed E-state index contributed by atoms with van der Waals surface area (Å²) in [6.07, 6.45) is 0. The second-order valence-corrected chi connectivity index (χ2v) is 4.17. The number of rotatable bonds is 3. The number of hydrogen-bond donors (Lipinski definition) is 1. The number of nitrogens with zero attached hydrogens (tertiary/aromatic N) is 1. The Bertz CT molecular complexity index is 491. The van der Waals surface area contributed by atoms with Gasteiger partial charge in [-0.1, -0.05) is 30.3 Å². The molecule has 0 saturated heterocycles. The zero-order chi connectivity index (χ0) is 12.3. The third-order valence-corrected chi connectivity index (χ3v) is 2.98. The minimum atomic E-state index is 0.0916. The zero-order valence-electron chi connectivity index (χ0n) is 10.2. The van der Waals surface area contributed by atoms with Gasteiger partial charge < -0.3 is 10.0 Å². The quantitative estimate of drug-likeness (QED) is 0.870. The minimum absolute atomic E-state index is 0.0916. The smallest absolute Gasteiger partial charge is 0.0681 e. The number of aliphatic hydroxyl groups excluding tert-OH is 1. The van der Waals surface area contributed by atoms with Crippen molar-refractivity contribution in [1.82, 2.24) is 0 Å². The first-order valence-corrected chi connectivity index (χ1v) is 5.71. The van der Waals surface area contributed by atoms with Crippen molar-refractivity contribution in [3.63, 3.8) is 0 Å². The molecule has 17 heavy (non-hydrogen) atoms. The molecule has 0 aliphatic rings. The van der Waals surface area contributed by atoms with Gasteiger partial charge in [0.1, 0.15) is 0 Å². The molecule has 2 aromatic rings. The highest BCUT2D eigenvalue weighted by atomic mass is 16.3. The van der Waals surface area contributed by atoms with Gasteiger partial charge in [0, 0.05) is 18.4 Å². The van der Waals surface area contributed by atoms with Crippen molar-refractivity contribution in [2.24, 2.45) is 0 Å². The Morgan fingerprint density at radius 2 is 1.65 bits per heavy atom. The second-order valence-electron chi connectivity index (χ2n) is 4.17. The van der Waals surface area contributed by atoms with Crippen LogP contribution in [0, 0.1) is 6.92 Å². The molecule has 1 N–H and O–H groups in total. The van der Waals surface area contributed by atoms with E-state index in [1.165, 1.54) is 11.3 Å². The highest BCUT2D eigenvalue weighted by Crippen LogP contribution is 2.26. The topological polar surface area (TPSA) is 23.5 Å². The predicted molar refractivity (Wildman–Crippen MR) is 71.6 cm³/mol. The predicted octanol–water partition coefficient (Wildman–Crippen LogP) is 3.26. The summed E-state index contributed by atoms with van der Waals surface area (Å²) in [4.78, 5) is 2.15. The van der Waals surface area contributed by atoms with Crippen molar-refractivity contribution in [2.75, 3.05) is 11.9 Å². The Kier molecular flexibility index (Phi) is 3.45. The van der Waals surface area contributed by atoms with E-state index in [1.807, 2.05) is 36.4 Å². The number of aliphatic hydroxyl groups is 1. The largest absolute Gasteiger partial charge is 0.392 e. The van der Waals surface area contributed by atoms with Gasteiger partial charge in [0.15, 0.2) is 0 Å².